The lowest BCUT2D eigenvalue weighted by atomic mass is 9.97. The van der Waals surface area contributed by atoms with E-state index < -0.39 is 53.2 Å². The van der Waals surface area contributed by atoms with Gasteiger partial charge in [0.25, 0.3) is 0 Å². The number of carbonyl (C=O) groups excluding carboxylic acids is 3. The summed E-state index contributed by atoms with van der Waals surface area (Å²) in [4.78, 5) is 51.9. The highest BCUT2D eigenvalue weighted by Crippen LogP contribution is 2.40. The smallest absolute Gasteiger partial charge is 0.330 e. The van der Waals surface area contributed by atoms with Crippen molar-refractivity contribution in [2.24, 2.45) is 5.73 Å². The van der Waals surface area contributed by atoms with E-state index in [0.29, 0.717) is 16.7 Å². The van der Waals surface area contributed by atoms with Gasteiger partial charge in [-0.1, -0.05) is 24.3 Å². The molecule has 0 radical (unpaired) electrons. The Bertz CT molecular complexity index is 1230. The van der Waals surface area contributed by atoms with E-state index in [-0.39, 0.29) is 11.5 Å². The number of fused-ring (bicyclic) bond motifs is 1. The SMILES string of the molecule is CC1=CS[C@@H]2[C@H](NC(=O)[C@H](NC(=O)C(N)c3ccc(O)cc3)c3ccc(O)cc3)C(=O)N2C1C(=O)O. The summed E-state index contributed by atoms with van der Waals surface area (Å²) in [6.45, 7) is 1.62. The van der Waals surface area contributed by atoms with Crippen LogP contribution in [0.2, 0.25) is 0 Å². The molecule has 2 heterocycles. The van der Waals surface area contributed by atoms with Crippen LogP contribution in [-0.4, -0.2) is 61.4 Å². The number of aromatic hydroxyl groups is 2. The number of nitrogens with zero attached hydrogens (tertiary/aromatic N) is 1. The lowest BCUT2D eigenvalue weighted by Crippen LogP contribution is -2.74. The largest absolute Gasteiger partial charge is 0.508 e. The Labute approximate surface area is 210 Å². The first-order valence-electron chi connectivity index (χ1n) is 10.9. The zero-order valence-electron chi connectivity index (χ0n) is 19.0. The maximum Gasteiger partial charge on any atom is 0.330 e. The van der Waals surface area contributed by atoms with Gasteiger partial charge < -0.3 is 36.6 Å². The number of hydrogen-bond acceptors (Lipinski definition) is 8. The van der Waals surface area contributed by atoms with Crippen LogP contribution in [0.25, 0.3) is 0 Å². The van der Waals surface area contributed by atoms with Crippen molar-refractivity contribution in [2.75, 3.05) is 0 Å². The molecule has 188 valence electrons. The van der Waals surface area contributed by atoms with Gasteiger partial charge in [0.1, 0.15) is 35.0 Å². The normalized spacial score (nSPS) is 22.4. The Hall–Kier alpha value is -4.03. The number of carbonyl (C=O) groups is 4. The van der Waals surface area contributed by atoms with Gasteiger partial charge in [0.15, 0.2) is 6.04 Å². The average molecular weight is 513 g/mol. The van der Waals surface area contributed by atoms with Crippen LogP contribution in [0.3, 0.4) is 0 Å². The number of hydrogen-bond donors (Lipinski definition) is 6. The van der Waals surface area contributed by atoms with Crippen molar-refractivity contribution in [1.29, 1.82) is 0 Å². The number of thioether (sulfide) groups is 1. The van der Waals surface area contributed by atoms with Crippen LogP contribution in [0.1, 0.15) is 30.1 Å². The molecule has 36 heavy (non-hydrogen) atoms. The Morgan fingerprint density at radius 2 is 1.53 bits per heavy atom. The summed E-state index contributed by atoms with van der Waals surface area (Å²) in [5, 5.41) is 34.9. The predicted molar refractivity (Wildman–Crippen MR) is 129 cm³/mol. The van der Waals surface area contributed by atoms with E-state index >= 15 is 0 Å². The van der Waals surface area contributed by atoms with E-state index in [9.17, 15) is 34.5 Å². The Balaban J connectivity index is 1.53. The fourth-order valence-corrected chi connectivity index (χ4v) is 5.26. The van der Waals surface area contributed by atoms with Crippen molar-refractivity contribution in [1.82, 2.24) is 15.5 Å². The molecule has 0 bridgehead atoms. The maximum atomic E-state index is 13.3. The standard InChI is InChI=1S/C24H24N4O7S/c1-11-10-36-23-18(22(33)28(23)19(11)24(34)35)27-21(32)17(13-4-8-15(30)9-5-13)26-20(31)16(25)12-2-6-14(29)7-3-12/h2-10,16-19,23,29-30H,25H2,1H3,(H,26,31)(H,27,32)(H,34,35)/t16?,17-,18-,19?,23-/m1/s1. The number of carboxylic acid groups (broad SMARTS) is 1. The zero-order chi connectivity index (χ0) is 26.1. The number of aliphatic carboxylic acids is 1. The number of benzene rings is 2. The van der Waals surface area contributed by atoms with Crippen LogP contribution in [0, 0.1) is 0 Å². The number of nitrogens with two attached hydrogens (primary N) is 1. The molecule has 5 atom stereocenters. The van der Waals surface area contributed by atoms with E-state index in [1.165, 1.54) is 65.2 Å². The molecule has 1 fully saturated rings. The Morgan fingerprint density at radius 3 is 2.08 bits per heavy atom. The van der Waals surface area contributed by atoms with Crippen molar-refractivity contribution in [3.63, 3.8) is 0 Å². The summed E-state index contributed by atoms with van der Waals surface area (Å²) < 4.78 is 0. The van der Waals surface area contributed by atoms with Gasteiger partial charge in [0.05, 0.1) is 0 Å². The predicted octanol–water partition coefficient (Wildman–Crippen LogP) is 0.712. The molecule has 1 saturated heterocycles. The van der Waals surface area contributed by atoms with E-state index in [2.05, 4.69) is 10.6 Å². The molecule has 2 aromatic rings. The first-order valence-corrected chi connectivity index (χ1v) is 11.8. The number of nitrogens with one attached hydrogen (secondary N) is 2. The number of rotatable bonds is 7. The van der Waals surface area contributed by atoms with Gasteiger partial charge in [-0.2, -0.15) is 0 Å². The highest BCUT2D eigenvalue weighted by Gasteiger charge is 2.55. The lowest BCUT2D eigenvalue weighted by molar-refractivity contribution is -0.160. The number of amides is 3. The van der Waals surface area contributed by atoms with Crippen LogP contribution in [0.5, 0.6) is 11.5 Å². The van der Waals surface area contributed by atoms with Crippen LogP contribution in [-0.2, 0) is 19.2 Å². The number of phenols is 2. The molecule has 2 unspecified atom stereocenters. The van der Waals surface area contributed by atoms with Gasteiger partial charge in [-0.25, -0.2) is 4.79 Å². The summed E-state index contributed by atoms with van der Waals surface area (Å²) in [5.74, 6) is -3.14. The minimum Gasteiger partial charge on any atom is -0.508 e. The molecule has 0 aliphatic carbocycles. The molecular weight excluding hydrogens is 488 g/mol. The quantitative estimate of drug-likeness (QED) is 0.291. The van der Waals surface area contributed by atoms with E-state index in [1.54, 1.807) is 12.3 Å². The second-order valence-corrected chi connectivity index (χ2v) is 9.45. The molecule has 12 heteroatoms. The van der Waals surface area contributed by atoms with Gasteiger partial charge in [-0.3, -0.25) is 14.4 Å². The highest BCUT2D eigenvalue weighted by atomic mass is 32.2. The molecule has 4 rings (SSSR count). The molecule has 2 aliphatic rings. The summed E-state index contributed by atoms with van der Waals surface area (Å²) >= 11 is 1.23. The first-order chi connectivity index (χ1) is 17.1. The van der Waals surface area contributed by atoms with E-state index in [1.807, 2.05) is 0 Å². The van der Waals surface area contributed by atoms with Gasteiger partial charge in [-0.05, 0) is 53.3 Å². The Kier molecular flexibility index (Phi) is 6.91. The number of carboxylic acids is 1. The summed E-state index contributed by atoms with van der Waals surface area (Å²) in [7, 11) is 0. The van der Waals surface area contributed by atoms with Crippen LogP contribution in [0.15, 0.2) is 59.5 Å². The second-order valence-electron chi connectivity index (χ2n) is 8.46. The highest BCUT2D eigenvalue weighted by molar-refractivity contribution is 8.02. The third kappa shape index (κ3) is 4.72. The van der Waals surface area contributed by atoms with Crippen molar-refractivity contribution in [3.8, 4) is 11.5 Å². The maximum absolute atomic E-state index is 13.3. The fourth-order valence-electron chi connectivity index (χ4n) is 4.08. The molecule has 7 N–H and O–H groups in total. The number of β-lactam (4-membered cyclic amide) rings is 1. The van der Waals surface area contributed by atoms with Crippen LogP contribution in [0.4, 0.5) is 0 Å². The minimum absolute atomic E-state index is 0.00248. The van der Waals surface area contributed by atoms with Gasteiger partial charge in [0, 0.05) is 0 Å². The molecule has 0 saturated carbocycles. The average Bonchev–Trinajstić information content (AvgIpc) is 2.85. The monoisotopic (exact) mass is 512 g/mol. The topological polar surface area (TPSA) is 182 Å². The van der Waals surface area contributed by atoms with E-state index in [4.69, 9.17) is 5.73 Å². The Morgan fingerprint density at radius 1 is 0.972 bits per heavy atom. The number of phenolic OH excluding ortho intramolecular Hbond substituents is 2. The van der Waals surface area contributed by atoms with Crippen LogP contribution >= 0.6 is 11.8 Å². The minimum atomic E-state index is -1.26. The third-order valence-electron chi connectivity index (χ3n) is 6.02. The van der Waals surface area contributed by atoms with Crippen molar-refractivity contribution in [3.05, 3.63) is 70.6 Å². The van der Waals surface area contributed by atoms with Crippen LogP contribution < -0.4 is 16.4 Å². The summed E-state index contributed by atoms with van der Waals surface area (Å²) in [5.41, 5.74) is 7.30. The molecule has 2 aliphatic heterocycles. The fraction of sp³-hybridized carbons (Fsp3) is 0.250. The molecule has 0 spiro atoms. The van der Waals surface area contributed by atoms with Crippen molar-refractivity contribution >= 4 is 35.5 Å². The molecule has 0 aromatic heterocycles. The second kappa shape index (κ2) is 9.91. The molecule has 3 amide bonds. The first kappa shape index (κ1) is 25.1. The van der Waals surface area contributed by atoms with Gasteiger partial charge in [0.2, 0.25) is 17.7 Å². The van der Waals surface area contributed by atoms with Gasteiger partial charge in [-0.15, -0.1) is 11.8 Å². The molecular formula is C24H24N4O7S. The zero-order valence-corrected chi connectivity index (χ0v) is 19.8. The molecule has 2 aromatic carbocycles. The van der Waals surface area contributed by atoms with Gasteiger partial charge >= 0.3 is 5.97 Å². The summed E-state index contributed by atoms with van der Waals surface area (Å²) in [6.07, 6.45) is 0. The van der Waals surface area contributed by atoms with Crippen molar-refractivity contribution < 1.29 is 34.5 Å². The summed E-state index contributed by atoms with van der Waals surface area (Å²) in [6, 6.07) is 6.79. The van der Waals surface area contributed by atoms with Crippen molar-refractivity contribution in [2.45, 2.75) is 36.5 Å². The van der Waals surface area contributed by atoms with E-state index in [0.717, 1.165) is 0 Å². The molecule has 11 nitrogen and oxygen atoms in total. The third-order valence-corrected chi connectivity index (χ3v) is 7.31. The lowest BCUT2D eigenvalue weighted by Gasteiger charge is -2.51.